The van der Waals surface area contributed by atoms with Crippen LogP contribution in [0.2, 0.25) is 0 Å². The van der Waals surface area contributed by atoms with Crippen LogP contribution in [0.1, 0.15) is 29.3 Å². The first kappa shape index (κ1) is 15.7. The third-order valence-electron chi connectivity index (χ3n) is 2.30. The van der Waals surface area contributed by atoms with Gasteiger partial charge in [-0.15, -0.1) is 11.6 Å². The molecule has 0 amide bonds. The number of ether oxygens (including phenoxy) is 2. The lowest BCUT2D eigenvalue weighted by atomic mass is 10.1. The maximum Gasteiger partial charge on any atom is 0.387 e. The Labute approximate surface area is 115 Å². The third-order valence-corrected chi connectivity index (χ3v) is 2.57. The molecule has 19 heavy (non-hydrogen) atoms. The van der Waals surface area contributed by atoms with Gasteiger partial charge >= 0.3 is 12.6 Å². The Balaban J connectivity index is 2.97. The van der Waals surface area contributed by atoms with E-state index in [4.69, 9.17) is 16.3 Å². The summed E-state index contributed by atoms with van der Waals surface area (Å²) < 4.78 is 33.6. The van der Waals surface area contributed by atoms with E-state index in [2.05, 4.69) is 4.74 Å². The first-order valence-electron chi connectivity index (χ1n) is 5.88. The third kappa shape index (κ3) is 5.42. The lowest BCUT2D eigenvalue weighted by Crippen LogP contribution is -2.08. The molecule has 0 aromatic heterocycles. The van der Waals surface area contributed by atoms with Crippen LogP contribution < -0.4 is 4.74 Å². The van der Waals surface area contributed by atoms with E-state index >= 15 is 0 Å². The molecule has 3 nitrogen and oxygen atoms in total. The van der Waals surface area contributed by atoms with Crippen LogP contribution in [0.3, 0.4) is 0 Å². The summed E-state index contributed by atoms with van der Waals surface area (Å²) in [6, 6.07) is 4.32. The van der Waals surface area contributed by atoms with Crippen LogP contribution in [0.5, 0.6) is 5.75 Å². The van der Waals surface area contributed by atoms with E-state index in [0.29, 0.717) is 24.3 Å². The first-order valence-corrected chi connectivity index (χ1v) is 6.42. The SMILES string of the molecule is CCOC(=O)c1cc(CCCCl)cc(OC(F)F)c1. The zero-order valence-electron chi connectivity index (χ0n) is 10.5. The zero-order valence-corrected chi connectivity index (χ0v) is 11.3. The van der Waals surface area contributed by atoms with Gasteiger partial charge in [0.2, 0.25) is 0 Å². The van der Waals surface area contributed by atoms with Crippen molar-refractivity contribution in [1.29, 1.82) is 0 Å². The normalized spacial score (nSPS) is 10.6. The number of esters is 1. The first-order chi connectivity index (χ1) is 9.06. The van der Waals surface area contributed by atoms with Gasteiger partial charge in [-0.05, 0) is 43.5 Å². The van der Waals surface area contributed by atoms with E-state index in [1.807, 2.05) is 0 Å². The summed E-state index contributed by atoms with van der Waals surface area (Å²) >= 11 is 5.58. The number of carbonyl (C=O) groups is 1. The summed E-state index contributed by atoms with van der Waals surface area (Å²) in [4.78, 5) is 11.6. The largest absolute Gasteiger partial charge is 0.462 e. The van der Waals surface area contributed by atoms with Gasteiger partial charge in [-0.25, -0.2) is 4.79 Å². The van der Waals surface area contributed by atoms with E-state index in [9.17, 15) is 13.6 Å². The van der Waals surface area contributed by atoms with E-state index in [1.54, 1.807) is 13.0 Å². The molecular formula is C13H15ClF2O3. The highest BCUT2D eigenvalue weighted by atomic mass is 35.5. The second-order valence-corrected chi connectivity index (χ2v) is 4.14. The summed E-state index contributed by atoms with van der Waals surface area (Å²) in [6.07, 6.45) is 1.26. The monoisotopic (exact) mass is 292 g/mol. The van der Waals surface area contributed by atoms with E-state index < -0.39 is 12.6 Å². The fourth-order valence-corrected chi connectivity index (χ4v) is 1.71. The van der Waals surface area contributed by atoms with Crippen molar-refractivity contribution in [3.63, 3.8) is 0 Å². The van der Waals surface area contributed by atoms with Gasteiger partial charge in [0.15, 0.2) is 0 Å². The molecule has 0 fully saturated rings. The van der Waals surface area contributed by atoms with Crippen molar-refractivity contribution in [2.24, 2.45) is 0 Å². The maximum absolute atomic E-state index is 12.2. The molecule has 106 valence electrons. The molecule has 0 spiro atoms. The summed E-state index contributed by atoms with van der Waals surface area (Å²) in [5.41, 5.74) is 0.909. The summed E-state index contributed by atoms with van der Waals surface area (Å²) in [7, 11) is 0. The Bertz CT molecular complexity index is 424. The molecule has 1 aromatic rings. The molecule has 0 saturated carbocycles. The standard InChI is InChI=1S/C13H15ClF2O3/c1-2-18-12(17)10-6-9(4-3-5-14)7-11(8-10)19-13(15)16/h6-8,13H,2-5H2,1H3. The average Bonchev–Trinajstić information content (AvgIpc) is 2.35. The van der Waals surface area contributed by atoms with Crippen molar-refractivity contribution in [3.05, 3.63) is 29.3 Å². The quantitative estimate of drug-likeness (QED) is 0.568. The molecule has 1 aromatic carbocycles. The average molecular weight is 293 g/mol. The Morgan fingerprint density at radius 3 is 2.68 bits per heavy atom. The van der Waals surface area contributed by atoms with Gasteiger partial charge in [-0.1, -0.05) is 0 Å². The topological polar surface area (TPSA) is 35.5 Å². The van der Waals surface area contributed by atoms with Crippen molar-refractivity contribution in [3.8, 4) is 5.75 Å². The fourth-order valence-electron chi connectivity index (χ4n) is 1.58. The van der Waals surface area contributed by atoms with Crippen molar-refractivity contribution in [2.45, 2.75) is 26.4 Å². The number of alkyl halides is 3. The second kappa shape index (κ2) is 7.94. The van der Waals surface area contributed by atoms with Crippen molar-refractivity contribution < 1.29 is 23.0 Å². The van der Waals surface area contributed by atoms with Crippen molar-refractivity contribution in [1.82, 2.24) is 0 Å². The molecule has 0 N–H and O–H groups in total. The minimum absolute atomic E-state index is 0.0508. The second-order valence-electron chi connectivity index (χ2n) is 3.76. The van der Waals surface area contributed by atoms with Crippen LogP contribution in [0.15, 0.2) is 18.2 Å². The zero-order chi connectivity index (χ0) is 14.3. The van der Waals surface area contributed by atoms with Gasteiger partial charge in [0.05, 0.1) is 12.2 Å². The molecule has 0 aliphatic rings. The van der Waals surface area contributed by atoms with E-state index in [-0.39, 0.29) is 17.9 Å². The molecule has 0 unspecified atom stereocenters. The predicted molar refractivity (Wildman–Crippen MR) is 68.1 cm³/mol. The van der Waals surface area contributed by atoms with Crippen LogP contribution in [0.25, 0.3) is 0 Å². The van der Waals surface area contributed by atoms with E-state index in [0.717, 1.165) is 0 Å². The molecule has 0 bridgehead atoms. The van der Waals surface area contributed by atoms with Gasteiger partial charge in [-0.2, -0.15) is 8.78 Å². The minimum atomic E-state index is -2.93. The van der Waals surface area contributed by atoms with Gasteiger partial charge in [0, 0.05) is 5.88 Å². The summed E-state index contributed by atoms with van der Waals surface area (Å²) in [5.74, 6) is -0.159. The number of benzene rings is 1. The Morgan fingerprint density at radius 1 is 1.37 bits per heavy atom. The molecule has 0 heterocycles. The fraction of sp³-hybridized carbons (Fsp3) is 0.462. The highest BCUT2D eigenvalue weighted by molar-refractivity contribution is 6.17. The molecule has 0 aliphatic carbocycles. The predicted octanol–water partition coefficient (Wildman–Crippen LogP) is 3.64. The number of halogens is 3. The molecule has 1 rings (SSSR count). The number of hydrogen-bond acceptors (Lipinski definition) is 3. The Hall–Kier alpha value is -1.36. The highest BCUT2D eigenvalue weighted by Gasteiger charge is 2.12. The van der Waals surface area contributed by atoms with E-state index in [1.165, 1.54) is 12.1 Å². The summed E-state index contributed by atoms with van der Waals surface area (Å²) in [5, 5.41) is 0. The molecule has 6 heteroatoms. The minimum Gasteiger partial charge on any atom is -0.462 e. The van der Waals surface area contributed by atoms with Gasteiger partial charge in [0.25, 0.3) is 0 Å². The maximum atomic E-state index is 12.2. The Morgan fingerprint density at radius 2 is 2.11 bits per heavy atom. The van der Waals surface area contributed by atoms with Crippen LogP contribution in [-0.2, 0) is 11.2 Å². The smallest absolute Gasteiger partial charge is 0.387 e. The van der Waals surface area contributed by atoms with Crippen LogP contribution in [0.4, 0.5) is 8.78 Å². The Kier molecular flexibility index (Phi) is 6.56. The lowest BCUT2D eigenvalue weighted by Gasteiger charge is -2.10. The molecule has 0 aliphatic heterocycles. The number of carbonyl (C=O) groups excluding carboxylic acids is 1. The lowest BCUT2D eigenvalue weighted by molar-refractivity contribution is -0.0499. The van der Waals surface area contributed by atoms with Gasteiger partial charge in [-0.3, -0.25) is 0 Å². The molecule has 0 saturated heterocycles. The molecule has 0 atom stereocenters. The van der Waals surface area contributed by atoms with Crippen molar-refractivity contribution >= 4 is 17.6 Å². The molecular weight excluding hydrogens is 278 g/mol. The number of aryl methyl sites for hydroxylation is 1. The van der Waals surface area contributed by atoms with Crippen LogP contribution >= 0.6 is 11.6 Å². The van der Waals surface area contributed by atoms with Crippen LogP contribution in [-0.4, -0.2) is 25.1 Å². The number of rotatable bonds is 7. The number of hydrogen-bond donors (Lipinski definition) is 0. The molecule has 0 radical (unpaired) electrons. The van der Waals surface area contributed by atoms with Gasteiger partial charge in [0.1, 0.15) is 5.75 Å². The van der Waals surface area contributed by atoms with Crippen LogP contribution in [0, 0.1) is 0 Å². The van der Waals surface area contributed by atoms with Crippen molar-refractivity contribution in [2.75, 3.05) is 12.5 Å². The van der Waals surface area contributed by atoms with Gasteiger partial charge < -0.3 is 9.47 Å². The highest BCUT2D eigenvalue weighted by Crippen LogP contribution is 2.21. The summed E-state index contributed by atoms with van der Waals surface area (Å²) in [6.45, 7) is -1.04.